The van der Waals surface area contributed by atoms with Crippen LogP contribution in [0.2, 0.25) is 0 Å². The third-order valence-corrected chi connectivity index (χ3v) is 4.60. The molecule has 0 spiro atoms. The maximum Gasteiger partial charge on any atom is 0.250 e. The Morgan fingerprint density at radius 1 is 1.28 bits per heavy atom. The molecule has 0 saturated heterocycles. The molecule has 1 aliphatic rings. The summed E-state index contributed by atoms with van der Waals surface area (Å²) < 4.78 is 2.15. The fourth-order valence-corrected chi connectivity index (χ4v) is 3.33. The van der Waals surface area contributed by atoms with Crippen LogP contribution in [0.4, 0.5) is 0 Å². The van der Waals surface area contributed by atoms with Gasteiger partial charge in [0, 0.05) is 55.9 Å². The van der Waals surface area contributed by atoms with Gasteiger partial charge in [-0.3, -0.25) is 9.78 Å². The summed E-state index contributed by atoms with van der Waals surface area (Å²) in [5.74, 6) is -0.0591. The molecule has 0 fully saturated rings. The predicted molar refractivity (Wildman–Crippen MR) is 97.0 cm³/mol. The number of aryl methyl sites for hydroxylation is 1. The zero-order valence-corrected chi connectivity index (χ0v) is 14.2. The molecule has 2 N–H and O–H groups in total. The topological polar surface area (TPSA) is 75.6 Å². The second kappa shape index (κ2) is 6.05. The van der Waals surface area contributed by atoms with Gasteiger partial charge in [-0.25, -0.2) is 4.98 Å². The SMILES string of the molecule is CNC(=O)C1=CCc2c(-c3cc4nccnc4[nH]3)cn(C)c2C/C=C\1. The lowest BCUT2D eigenvalue weighted by atomic mass is 9.99. The summed E-state index contributed by atoms with van der Waals surface area (Å²) in [6.07, 6.45) is 12.9. The standard InChI is InChI=1S/C19H19N5O/c1-20-19(25)12-4-3-5-17-13(7-6-12)14(11-24(17)2)15-10-16-18(23-15)22-9-8-21-16/h3-4,6,8-11H,5,7H2,1-2H3,(H,20,25)(H,22,23)/b4-3-,12-6?. The van der Waals surface area contributed by atoms with Crippen molar-refractivity contribution in [2.45, 2.75) is 12.8 Å². The van der Waals surface area contributed by atoms with E-state index in [9.17, 15) is 4.79 Å². The van der Waals surface area contributed by atoms with Crippen LogP contribution in [0.5, 0.6) is 0 Å². The van der Waals surface area contributed by atoms with E-state index in [1.165, 1.54) is 11.3 Å². The van der Waals surface area contributed by atoms with E-state index in [0.29, 0.717) is 12.0 Å². The van der Waals surface area contributed by atoms with Gasteiger partial charge in [-0.2, -0.15) is 0 Å². The largest absolute Gasteiger partial charge is 0.355 e. The predicted octanol–water partition coefficient (Wildman–Crippen LogP) is 2.29. The third kappa shape index (κ3) is 2.65. The zero-order valence-electron chi connectivity index (χ0n) is 14.2. The van der Waals surface area contributed by atoms with Crippen molar-refractivity contribution >= 4 is 17.1 Å². The molecule has 6 heteroatoms. The minimum Gasteiger partial charge on any atom is -0.355 e. The summed E-state index contributed by atoms with van der Waals surface area (Å²) in [5, 5.41) is 2.69. The Morgan fingerprint density at radius 3 is 2.92 bits per heavy atom. The van der Waals surface area contributed by atoms with Gasteiger partial charge in [-0.05, 0) is 18.1 Å². The van der Waals surface area contributed by atoms with Gasteiger partial charge in [0.2, 0.25) is 0 Å². The molecule has 0 radical (unpaired) electrons. The highest BCUT2D eigenvalue weighted by Crippen LogP contribution is 2.31. The molecular formula is C19H19N5O. The van der Waals surface area contributed by atoms with Gasteiger partial charge in [0.05, 0.1) is 5.69 Å². The number of fused-ring (bicyclic) bond motifs is 2. The van der Waals surface area contributed by atoms with Crippen molar-refractivity contribution in [3.63, 3.8) is 0 Å². The molecule has 25 heavy (non-hydrogen) atoms. The second-order valence-electron chi connectivity index (χ2n) is 6.10. The molecule has 0 saturated carbocycles. The molecule has 0 unspecified atom stereocenters. The van der Waals surface area contributed by atoms with E-state index in [1.54, 1.807) is 19.4 Å². The lowest BCUT2D eigenvalue weighted by molar-refractivity contribution is -0.116. The first-order valence-corrected chi connectivity index (χ1v) is 8.23. The molecule has 0 aromatic carbocycles. The number of carbonyl (C=O) groups excluding carboxylic acids is 1. The molecule has 1 aliphatic carbocycles. The fraction of sp³-hybridized carbons (Fsp3) is 0.211. The Balaban J connectivity index is 1.82. The summed E-state index contributed by atoms with van der Waals surface area (Å²) >= 11 is 0. The molecule has 126 valence electrons. The highest BCUT2D eigenvalue weighted by molar-refractivity contribution is 5.96. The van der Waals surface area contributed by atoms with E-state index in [2.05, 4.69) is 38.1 Å². The first kappa shape index (κ1) is 15.4. The van der Waals surface area contributed by atoms with Gasteiger partial charge in [0.15, 0.2) is 5.65 Å². The summed E-state index contributed by atoms with van der Waals surface area (Å²) in [5.41, 5.74) is 6.92. The molecule has 4 rings (SSSR count). The van der Waals surface area contributed by atoms with Crippen LogP contribution in [0, 0.1) is 0 Å². The monoisotopic (exact) mass is 333 g/mol. The first-order valence-electron chi connectivity index (χ1n) is 8.23. The summed E-state index contributed by atoms with van der Waals surface area (Å²) in [6, 6.07) is 2.02. The second-order valence-corrected chi connectivity index (χ2v) is 6.10. The lowest BCUT2D eigenvalue weighted by Crippen LogP contribution is -2.19. The summed E-state index contributed by atoms with van der Waals surface area (Å²) in [6.45, 7) is 0. The maximum atomic E-state index is 12.0. The van der Waals surface area contributed by atoms with Crippen LogP contribution >= 0.6 is 0 Å². The van der Waals surface area contributed by atoms with Gasteiger partial charge in [-0.15, -0.1) is 0 Å². The zero-order chi connectivity index (χ0) is 17.4. The van der Waals surface area contributed by atoms with Gasteiger partial charge in [0.25, 0.3) is 5.91 Å². The Labute approximate surface area is 145 Å². The smallest absolute Gasteiger partial charge is 0.250 e. The number of likely N-dealkylation sites (N-methyl/N-ethyl adjacent to an activating group) is 1. The van der Waals surface area contributed by atoms with Crippen molar-refractivity contribution in [1.82, 2.24) is 24.8 Å². The van der Waals surface area contributed by atoms with E-state index in [0.717, 1.165) is 28.8 Å². The van der Waals surface area contributed by atoms with Gasteiger partial charge in [0.1, 0.15) is 5.52 Å². The van der Waals surface area contributed by atoms with Gasteiger partial charge >= 0.3 is 0 Å². The summed E-state index contributed by atoms with van der Waals surface area (Å²) in [4.78, 5) is 24.0. The average Bonchev–Trinajstić information content (AvgIpc) is 3.15. The van der Waals surface area contributed by atoms with Crippen molar-refractivity contribution in [2.24, 2.45) is 7.05 Å². The number of carbonyl (C=O) groups is 1. The number of aromatic nitrogens is 4. The number of H-pyrrole nitrogens is 1. The number of rotatable bonds is 2. The number of hydrogen-bond donors (Lipinski definition) is 2. The van der Waals surface area contributed by atoms with Crippen LogP contribution < -0.4 is 5.32 Å². The molecule has 0 atom stereocenters. The van der Waals surface area contributed by atoms with Crippen molar-refractivity contribution in [2.75, 3.05) is 7.05 Å². The van der Waals surface area contributed by atoms with Crippen molar-refractivity contribution < 1.29 is 4.79 Å². The highest BCUT2D eigenvalue weighted by Gasteiger charge is 2.18. The fourth-order valence-electron chi connectivity index (χ4n) is 3.33. The van der Waals surface area contributed by atoms with Crippen molar-refractivity contribution in [3.8, 4) is 11.3 Å². The molecule has 3 aromatic heterocycles. The van der Waals surface area contributed by atoms with Crippen LogP contribution in [0.15, 0.2) is 48.5 Å². The van der Waals surface area contributed by atoms with Gasteiger partial charge < -0.3 is 14.9 Å². The quantitative estimate of drug-likeness (QED) is 0.755. The summed E-state index contributed by atoms with van der Waals surface area (Å²) in [7, 11) is 3.71. The molecule has 3 heterocycles. The minimum atomic E-state index is -0.0591. The maximum absolute atomic E-state index is 12.0. The molecule has 1 amide bonds. The molecule has 3 aromatic rings. The van der Waals surface area contributed by atoms with Crippen LogP contribution in [0.3, 0.4) is 0 Å². The average molecular weight is 333 g/mol. The Hall–Kier alpha value is -3.15. The molecule has 0 bridgehead atoms. The van der Waals surface area contributed by atoms with E-state index < -0.39 is 0 Å². The van der Waals surface area contributed by atoms with E-state index >= 15 is 0 Å². The normalized spacial score (nSPS) is 15.2. The number of nitrogens with zero attached hydrogens (tertiary/aromatic N) is 3. The highest BCUT2D eigenvalue weighted by atomic mass is 16.1. The Morgan fingerprint density at radius 2 is 2.12 bits per heavy atom. The van der Waals surface area contributed by atoms with E-state index in [-0.39, 0.29) is 5.91 Å². The molecular weight excluding hydrogens is 314 g/mol. The van der Waals surface area contributed by atoms with Crippen molar-refractivity contribution in [3.05, 3.63) is 59.7 Å². The van der Waals surface area contributed by atoms with Crippen molar-refractivity contribution in [1.29, 1.82) is 0 Å². The lowest BCUT2D eigenvalue weighted by Gasteiger charge is -2.09. The number of aromatic amines is 1. The number of hydrogen-bond acceptors (Lipinski definition) is 3. The third-order valence-electron chi connectivity index (χ3n) is 4.60. The Kier molecular flexibility index (Phi) is 3.72. The number of amides is 1. The Bertz CT molecular complexity index is 989. The number of nitrogens with one attached hydrogen (secondary N) is 2. The molecule has 6 nitrogen and oxygen atoms in total. The van der Waals surface area contributed by atoms with E-state index in [1.807, 2.05) is 24.3 Å². The molecule has 0 aliphatic heterocycles. The van der Waals surface area contributed by atoms with Gasteiger partial charge in [-0.1, -0.05) is 18.2 Å². The first-order chi connectivity index (χ1) is 12.2. The van der Waals surface area contributed by atoms with Crippen LogP contribution in [-0.2, 0) is 24.7 Å². The van der Waals surface area contributed by atoms with Crippen LogP contribution in [0.1, 0.15) is 11.3 Å². The van der Waals surface area contributed by atoms with E-state index in [4.69, 9.17) is 0 Å². The minimum absolute atomic E-state index is 0.0591. The number of allylic oxidation sites excluding steroid dienone is 2. The van der Waals surface area contributed by atoms with Crippen LogP contribution in [0.25, 0.3) is 22.4 Å². The van der Waals surface area contributed by atoms with Crippen LogP contribution in [-0.4, -0.2) is 32.5 Å².